The maximum absolute atomic E-state index is 12.4. The Balaban J connectivity index is 1.86. The molecular weight excluding hydrogens is 491 g/mol. The number of nitrogens with zero attached hydrogens (tertiary/aromatic N) is 2. The van der Waals surface area contributed by atoms with Gasteiger partial charge in [0, 0.05) is 44.8 Å². The SMILES string of the molecule is CO[Si](CCCSC(=O)c1ccc(C=Cc2nnc(C(Cl)(Cl)Cl)o2)cc1)(OC)OC. The van der Waals surface area contributed by atoms with Gasteiger partial charge in [0.2, 0.25) is 11.0 Å². The number of aromatic nitrogens is 2. The Hall–Kier alpha value is -0.913. The number of carbonyl (C=O) groups excluding carboxylic acids is 1. The van der Waals surface area contributed by atoms with E-state index in [-0.39, 0.29) is 16.9 Å². The molecule has 0 atom stereocenters. The maximum Gasteiger partial charge on any atom is 0.500 e. The fraction of sp³-hybridized carbons (Fsp3) is 0.389. The molecule has 0 saturated carbocycles. The molecule has 1 aromatic carbocycles. The van der Waals surface area contributed by atoms with Gasteiger partial charge in [0.1, 0.15) is 0 Å². The standard InChI is InChI=1S/C18H21Cl3N2O5SSi/c1-25-30(26-2,27-3)12-4-11-29-16(24)14-8-5-13(6-9-14)7-10-15-22-23-17(28-15)18(19,20)21/h5-10H,4,11-12H2,1-3H3. The van der Waals surface area contributed by atoms with Crippen molar-refractivity contribution < 1.29 is 22.5 Å². The largest absolute Gasteiger partial charge is 0.500 e. The predicted octanol–water partition coefficient (Wildman–Crippen LogP) is 5.21. The van der Waals surface area contributed by atoms with Crippen LogP contribution in [0.4, 0.5) is 0 Å². The molecule has 0 unspecified atom stereocenters. The van der Waals surface area contributed by atoms with Crippen LogP contribution in [-0.4, -0.2) is 51.2 Å². The van der Waals surface area contributed by atoms with E-state index in [2.05, 4.69) is 10.2 Å². The molecule has 164 valence electrons. The van der Waals surface area contributed by atoms with Crippen molar-refractivity contribution in [1.29, 1.82) is 0 Å². The van der Waals surface area contributed by atoms with Crippen LogP contribution in [-0.2, 0) is 17.1 Å². The molecule has 0 aliphatic rings. The van der Waals surface area contributed by atoms with E-state index < -0.39 is 12.6 Å². The molecule has 7 nitrogen and oxygen atoms in total. The van der Waals surface area contributed by atoms with E-state index in [9.17, 15) is 4.79 Å². The molecule has 0 radical (unpaired) electrons. The molecular formula is C18H21Cl3N2O5SSi. The lowest BCUT2D eigenvalue weighted by Crippen LogP contribution is -2.42. The molecule has 0 spiro atoms. The van der Waals surface area contributed by atoms with Crippen LogP contribution >= 0.6 is 46.6 Å². The summed E-state index contributed by atoms with van der Waals surface area (Å²) in [4.78, 5) is 12.4. The predicted molar refractivity (Wildman–Crippen MR) is 122 cm³/mol. The Morgan fingerprint density at radius 2 is 1.73 bits per heavy atom. The number of hydrogen-bond donors (Lipinski definition) is 0. The van der Waals surface area contributed by atoms with Gasteiger partial charge in [0.15, 0.2) is 0 Å². The molecule has 0 saturated heterocycles. The summed E-state index contributed by atoms with van der Waals surface area (Å²) in [5.41, 5.74) is 1.46. The van der Waals surface area contributed by atoms with E-state index in [1.54, 1.807) is 45.6 Å². The van der Waals surface area contributed by atoms with Crippen molar-refractivity contribution in [3.8, 4) is 0 Å². The third-order valence-corrected chi connectivity index (χ3v) is 8.35. The highest BCUT2D eigenvalue weighted by atomic mass is 35.6. The van der Waals surface area contributed by atoms with E-state index in [0.717, 1.165) is 12.0 Å². The first-order valence-electron chi connectivity index (χ1n) is 8.74. The van der Waals surface area contributed by atoms with E-state index in [1.165, 1.54) is 11.8 Å². The van der Waals surface area contributed by atoms with Gasteiger partial charge >= 0.3 is 8.80 Å². The average Bonchev–Trinajstić information content (AvgIpc) is 3.23. The Morgan fingerprint density at radius 1 is 1.10 bits per heavy atom. The molecule has 2 rings (SSSR count). The highest BCUT2D eigenvalue weighted by Crippen LogP contribution is 2.37. The van der Waals surface area contributed by atoms with Crippen molar-refractivity contribution in [3.63, 3.8) is 0 Å². The number of hydrogen-bond acceptors (Lipinski definition) is 8. The third kappa shape index (κ3) is 7.35. The average molecular weight is 512 g/mol. The number of halogens is 3. The summed E-state index contributed by atoms with van der Waals surface area (Å²) >= 11 is 18.3. The molecule has 0 aliphatic heterocycles. The van der Waals surface area contributed by atoms with Gasteiger partial charge in [-0.3, -0.25) is 4.79 Å². The van der Waals surface area contributed by atoms with Gasteiger partial charge in [0.25, 0.3) is 9.68 Å². The number of rotatable bonds is 10. The molecule has 12 heteroatoms. The van der Waals surface area contributed by atoms with Crippen LogP contribution in [0.1, 0.15) is 34.1 Å². The number of benzene rings is 1. The smallest absolute Gasteiger partial charge is 0.417 e. The zero-order valence-corrected chi connectivity index (χ0v) is 20.6. The molecule has 30 heavy (non-hydrogen) atoms. The van der Waals surface area contributed by atoms with Gasteiger partial charge in [-0.2, -0.15) is 0 Å². The second-order valence-corrected chi connectivity index (χ2v) is 12.4. The van der Waals surface area contributed by atoms with Gasteiger partial charge in [0.05, 0.1) is 0 Å². The minimum atomic E-state index is -2.59. The molecule has 1 aromatic heterocycles. The van der Waals surface area contributed by atoms with Crippen molar-refractivity contribution >= 4 is 72.6 Å². The van der Waals surface area contributed by atoms with Crippen LogP contribution in [0.25, 0.3) is 12.2 Å². The maximum atomic E-state index is 12.4. The van der Waals surface area contributed by atoms with Gasteiger partial charge in [-0.25, -0.2) is 0 Å². The first-order chi connectivity index (χ1) is 14.2. The lowest BCUT2D eigenvalue weighted by molar-refractivity contribution is 0.108. The van der Waals surface area contributed by atoms with E-state index >= 15 is 0 Å². The molecule has 1 heterocycles. The number of carbonyl (C=O) groups is 1. The lowest BCUT2D eigenvalue weighted by atomic mass is 10.1. The fourth-order valence-electron chi connectivity index (χ4n) is 2.41. The quantitative estimate of drug-likeness (QED) is 0.244. The Bertz CT molecular complexity index is 846. The summed E-state index contributed by atoms with van der Waals surface area (Å²) < 4.78 is 19.6. The summed E-state index contributed by atoms with van der Waals surface area (Å²) in [5.74, 6) is 0.745. The molecule has 0 bridgehead atoms. The third-order valence-electron chi connectivity index (χ3n) is 4.04. The summed E-state index contributed by atoms with van der Waals surface area (Å²) in [6.07, 6.45) is 4.09. The Morgan fingerprint density at radius 3 is 2.27 bits per heavy atom. The van der Waals surface area contributed by atoms with Gasteiger partial charge < -0.3 is 17.7 Å². The van der Waals surface area contributed by atoms with Crippen molar-refractivity contribution in [1.82, 2.24) is 10.2 Å². The molecule has 0 N–H and O–H groups in total. The second kappa shape index (κ2) is 11.6. The zero-order chi connectivity index (χ0) is 22.2. The van der Waals surface area contributed by atoms with Crippen LogP contribution in [0.5, 0.6) is 0 Å². The summed E-state index contributed by atoms with van der Waals surface area (Å²) in [7, 11) is 2.13. The van der Waals surface area contributed by atoms with Crippen molar-refractivity contribution in [2.45, 2.75) is 16.3 Å². The van der Waals surface area contributed by atoms with Gasteiger partial charge in [-0.05, 0) is 30.2 Å². The fourth-order valence-corrected chi connectivity index (χ4v) is 5.39. The van der Waals surface area contributed by atoms with E-state index in [4.69, 9.17) is 52.5 Å². The van der Waals surface area contributed by atoms with Crippen LogP contribution < -0.4 is 0 Å². The minimum absolute atomic E-state index is 0.00531. The van der Waals surface area contributed by atoms with Crippen molar-refractivity contribution in [3.05, 3.63) is 47.2 Å². The van der Waals surface area contributed by atoms with Crippen molar-refractivity contribution in [2.75, 3.05) is 27.1 Å². The summed E-state index contributed by atoms with van der Waals surface area (Å²) in [6, 6.07) is 7.79. The van der Waals surface area contributed by atoms with Gasteiger partial charge in [-0.1, -0.05) is 58.7 Å². The van der Waals surface area contributed by atoms with E-state index in [0.29, 0.717) is 17.4 Å². The molecule has 0 aliphatic carbocycles. The lowest BCUT2D eigenvalue weighted by Gasteiger charge is -2.23. The monoisotopic (exact) mass is 510 g/mol. The number of alkyl halides is 3. The highest BCUT2D eigenvalue weighted by Gasteiger charge is 2.36. The molecule has 0 fully saturated rings. The van der Waals surface area contributed by atoms with E-state index in [1.807, 2.05) is 12.1 Å². The highest BCUT2D eigenvalue weighted by molar-refractivity contribution is 8.14. The topological polar surface area (TPSA) is 83.7 Å². The summed E-state index contributed by atoms with van der Waals surface area (Å²) in [6.45, 7) is 0. The first-order valence-corrected chi connectivity index (χ1v) is 12.8. The van der Waals surface area contributed by atoms with Gasteiger partial charge in [-0.15, -0.1) is 10.2 Å². The molecule has 0 amide bonds. The Kier molecular flexibility index (Phi) is 9.83. The first kappa shape index (κ1) is 25.3. The van der Waals surface area contributed by atoms with Crippen molar-refractivity contribution in [2.24, 2.45) is 0 Å². The number of thioether (sulfide) groups is 1. The zero-order valence-electron chi connectivity index (χ0n) is 16.6. The molecule has 2 aromatic rings. The normalized spacial score (nSPS) is 12.6. The van der Waals surface area contributed by atoms with Crippen LogP contribution in [0.3, 0.4) is 0 Å². The minimum Gasteiger partial charge on any atom is -0.417 e. The van der Waals surface area contributed by atoms with Crippen LogP contribution in [0.15, 0.2) is 28.7 Å². The Labute approximate surface area is 195 Å². The van der Waals surface area contributed by atoms with Crippen LogP contribution in [0.2, 0.25) is 6.04 Å². The van der Waals surface area contributed by atoms with Crippen LogP contribution in [0, 0.1) is 0 Å². The second-order valence-electron chi connectivity index (χ2n) is 5.93. The summed E-state index contributed by atoms with van der Waals surface area (Å²) in [5, 5.41) is 7.45.